The molecule has 0 saturated heterocycles. The van der Waals surface area contributed by atoms with Gasteiger partial charge in [-0.3, -0.25) is 9.00 Å². The zero-order valence-electron chi connectivity index (χ0n) is 8.56. The first-order valence-corrected chi connectivity index (χ1v) is 6.26. The van der Waals surface area contributed by atoms with Crippen LogP contribution in [0, 0.1) is 0 Å². The number of hydrogen-bond acceptors (Lipinski definition) is 3. The van der Waals surface area contributed by atoms with Crippen molar-refractivity contribution in [2.45, 2.75) is 37.5 Å². The zero-order chi connectivity index (χ0) is 11.4. The lowest BCUT2D eigenvalue weighted by Gasteiger charge is -2.25. The molecule has 1 rings (SSSR count). The molecule has 6 heteroatoms. The summed E-state index contributed by atoms with van der Waals surface area (Å²) in [6.07, 6.45) is 2.87. The van der Waals surface area contributed by atoms with E-state index < -0.39 is 28.7 Å². The number of aliphatic carboxylic acids is 1. The molecule has 0 aromatic rings. The van der Waals surface area contributed by atoms with Gasteiger partial charge in [0.2, 0.25) is 5.91 Å². The fourth-order valence-electron chi connectivity index (χ4n) is 1.35. The SMILES string of the molecule is CC(=O)N[C@@H](CS(=O)C1CCC1)C(=O)O. The van der Waals surface area contributed by atoms with Crippen LogP contribution in [0.2, 0.25) is 0 Å². The third kappa shape index (κ3) is 3.62. The van der Waals surface area contributed by atoms with Gasteiger partial charge in [0, 0.05) is 23.0 Å². The van der Waals surface area contributed by atoms with Crippen LogP contribution >= 0.6 is 0 Å². The van der Waals surface area contributed by atoms with E-state index in [1.165, 1.54) is 6.92 Å². The number of hydrogen-bond donors (Lipinski definition) is 2. The van der Waals surface area contributed by atoms with E-state index in [4.69, 9.17) is 5.11 Å². The van der Waals surface area contributed by atoms with E-state index in [2.05, 4.69) is 5.32 Å². The van der Waals surface area contributed by atoms with Crippen molar-refractivity contribution < 1.29 is 18.9 Å². The van der Waals surface area contributed by atoms with Crippen molar-refractivity contribution in [3.8, 4) is 0 Å². The number of rotatable bonds is 5. The Morgan fingerprint density at radius 1 is 1.53 bits per heavy atom. The molecule has 0 aromatic carbocycles. The Balaban J connectivity index is 2.46. The molecule has 1 unspecified atom stereocenters. The average molecular weight is 233 g/mol. The molecule has 0 spiro atoms. The normalized spacial score (nSPS) is 20.1. The highest BCUT2D eigenvalue weighted by molar-refractivity contribution is 7.85. The number of amides is 1. The summed E-state index contributed by atoms with van der Waals surface area (Å²) >= 11 is 0. The Labute approximate surface area is 90.7 Å². The van der Waals surface area contributed by atoms with Crippen LogP contribution in [0.15, 0.2) is 0 Å². The van der Waals surface area contributed by atoms with Crippen LogP contribution in [-0.2, 0) is 20.4 Å². The summed E-state index contributed by atoms with van der Waals surface area (Å²) in [5.74, 6) is -1.52. The Hall–Kier alpha value is -0.910. The molecule has 1 aliphatic carbocycles. The molecule has 0 aliphatic heterocycles. The van der Waals surface area contributed by atoms with Crippen LogP contribution in [-0.4, -0.2) is 38.2 Å². The molecule has 86 valence electrons. The van der Waals surface area contributed by atoms with Gasteiger partial charge in [-0.05, 0) is 12.8 Å². The minimum atomic E-state index is -1.14. The fourth-order valence-corrected chi connectivity index (χ4v) is 3.04. The van der Waals surface area contributed by atoms with E-state index in [1.807, 2.05) is 0 Å². The molecular formula is C9H15NO4S. The standard InChI is InChI=1S/C9H15NO4S/c1-6(11)10-8(9(12)13)5-15(14)7-3-2-4-7/h7-8H,2-5H2,1H3,(H,10,11)(H,12,13)/t8-,15?/m0/s1. The van der Waals surface area contributed by atoms with Gasteiger partial charge in [0.25, 0.3) is 0 Å². The highest BCUT2D eigenvalue weighted by atomic mass is 32.2. The van der Waals surface area contributed by atoms with Crippen molar-refractivity contribution in [2.24, 2.45) is 0 Å². The topological polar surface area (TPSA) is 83.5 Å². The third-order valence-electron chi connectivity index (χ3n) is 2.43. The summed E-state index contributed by atoms with van der Waals surface area (Å²) < 4.78 is 11.6. The first-order chi connectivity index (χ1) is 7.00. The maximum atomic E-state index is 11.6. The van der Waals surface area contributed by atoms with Crippen LogP contribution in [0.4, 0.5) is 0 Å². The Bertz CT molecular complexity index is 288. The summed E-state index contributed by atoms with van der Waals surface area (Å²) in [4.78, 5) is 21.5. The maximum absolute atomic E-state index is 11.6. The van der Waals surface area contributed by atoms with Crippen LogP contribution in [0.25, 0.3) is 0 Å². The fraction of sp³-hybridized carbons (Fsp3) is 0.778. The van der Waals surface area contributed by atoms with Crippen molar-refractivity contribution in [1.29, 1.82) is 0 Å². The summed E-state index contributed by atoms with van der Waals surface area (Å²) in [6.45, 7) is 1.25. The predicted molar refractivity (Wildman–Crippen MR) is 55.9 cm³/mol. The van der Waals surface area contributed by atoms with Crippen LogP contribution in [0.5, 0.6) is 0 Å². The average Bonchev–Trinajstić information content (AvgIpc) is 1.98. The molecule has 0 aromatic heterocycles. The minimum absolute atomic E-state index is 0.0135. The number of carbonyl (C=O) groups is 2. The van der Waals surface area contributed by atoms with E-state index in [-0.39, 0.29) is 11.0 Å². The van der Waals surface area contributed by atoms with Gasteiger partial charge in [-0.25, -0.2) is 4.79 Å². The van der Waals surface area contributed by atoms with Crippen LogP contribution < -0.4 is 5.32 Å². The van der Waals surface area contributed by atoms with Gasteiger partial charge in [0.05, 0.1) is 5.75 Å². The quantitative estimate of drug-likeness (QED) is 0.693. The van der Waals surface area contributed by atoms with Crippen LogP contribution in [0.3, 0.4) is 0 Å². The molecule has 0 bridgehead atoms. The summed E-state index contributed by atoms with van der Waals surface area (Å²) in [5.41, 5.74) is 0. The second-order valence-electron chi connectivity index (χ2n) is 3.69. The molecule has 2 N–H and O–H groups in total. The van der Waals surface area contributed by atoms with Crippen molar-refractivity contribution in [2.75, 3.05) is 5.75 Å². The Kier molecular flexibility index (Phi) is 4.26. The van der Waals surface area contributed by atoms with Gasteiger partial charge in [0.1, 0.15) is 6.04 Å². The molecule has 0 heterocycles. The minimum Gasteiger partial charge on any atom is -0.480 e. The van der Waals surface area contributed by atoms with Gasteiger partial charge in [0.15, 0.2) is 0 Å². The van der Waals surface area contributed by atoms with Crippen molar-refractivity contribution in [3.05, 3.63) is 0 Å². The third-order valence-corrected chi connectivity index (χ3v) is 4.31. The smallest absolute Gasteiger partial charge is 0.327 e. The highest BCUT2D eigenvalue weighted by Crippen LogP contribution is 2.24. The van der Waals surface area contributed by atoms with E-state index >= 15 is 0 Å². The lowest BCUT2D eigenvalue weighted by molar-refractivity contribution is -0.140. The molecule has 15 heavy (non-hydrogen) atoms. The Morgan fingerprint density at radius 3 is 2.47 bits per heavy atom. The van der Waals surface area contributed by atoms with E-state index in [9.17, 15) is 13.8 Å². The largest absolute Gasteiger partial charge is 0.480 e. The van der Waals surface area contributed by atoms with Gasteiger partial charge in [-0.15, -0.1) is 0 Å². The zero-order valence-corrected chi connectivity index (χ0v) is 9.38. The number of carboxylic acids is 1. The predicted octanol–water partition coefficient (Wildman–Crippen LogP) is -0.123. The van der Waals surface area contributed by atoms with Gasteiger partial charge >= 0.3 is 5.97 Å². The van der Waals surface area contributed by atoms with E-state index in [1.54, 1.807) is 0 Å². The van der Waals surface area contributed by atoms with Gasteiger partial charge in [-0.1, -0.05) is 6.42 Å². The summed E-state index contributed by atoms with van der Waals surface area (Å²) in [7, 11) is -1.14. The molecule has 1 amide bonds. The number of carbonyl (C=O) groups excluding carboxylic acids is 1. The first kappa shape index (κ1) is 12.2. The van der Waals surface area contributed by atoms with Crippen molar-refractivity contribution >= 4 is 22.7 Å². The van der Waals surface area contributed by atoms with Crippen LogP contribution in [0.1, 0.15) is 26.2 Å². The molecule has 1 aliphatic rings. The summed E-state index contributed by atoms with van der Waals surface area (Å²) in [6, 6.07) is -1.02. The second kappa shape index (κ2) is 5.25. The lowest BCUT2D eigenvalue weighted by atomic mass is 10.0. The van der Waals surface area contributed by atoms with E-state index in [0.717, 1.165) is 19.3 Å². The summed E-state index contributed by atoms with van der Waals surface area (Å²) in [5, 5.41) is 11.2. The number of carboxylic acid groups (broad SMARTS) is 1. The first-order valence-electron chi connectivity index (χ1n) is 4.87. The lowest BCUT2D eigenvalue weighted by Crippen LogP contribution is -2.45. The van der Waals surface area contributed by atoms with Crippen molar-refractivity contribution in [3.63, 3.8) is 0 Å². The molecule has 0 radical (unpaired) electrons. The second-order valence-corrected chi connectivity index (χ2v) is 5.45. The van der Waals surface area contributed by atoms with E-state index in [0.29, 0.717) is 0 Å². The van der Waals surface area contributed by atoms with Gasteiger partial charge < -0.3 is 10.4 Å². The molecule has 1 saturated carbocycles. The molecule has 1 fully saturated rings. The molecular weight excluding hydrogens is 218 g/mol. The molecule has 2 atom stereocenters. The Morgan fingerprint density at radius 2 is 2.13 bits per heavy atom. The van der Waals surface area contributed by atoms with Crippen molar-refractivity contribution in [1.82, 2.24) is 5.32 Å². The number of nitrogens with one attached hydrogen (secondary N) is 1. The monoisotopic (exact) mass is 233 g/mol. The molecule has 5 nitrogen and oxygen atoms in total. The highest BCUT2D eigenvalue weighted by Gasteiger charge is 2.29. The maximum Gasteiger partial charge on any atom is 0.327 e. The van der Waals surface area contributed by atoms with Gasteiger partial charge in [-0.2, -0.15) is 0 Å².